The van der Waals surface area contributed by atoms with Crippen molar-refractivity contribution in [1.82, 2.24) is 0 Å². The van der Waals surface area contributed by atoms with Crippen LogP contribution >= 0.6 is 27.3 Å². The van der Waals surface area contributed by atoms with Gasteiger partial charge in [0.05, 0.1) is 0 Å². The molecular formula is C15H18BrNS. The van der Waals surface area contributed by atoms with E-state index in [9.17, 15) is 0 Å². The van der Waals surface area contributed by atoms with E-state index in [1.807, 2.05) is 6.07 Å². The normalized spacial score (nSPS) is 13.6. The lowest BCUT2D eigenvalue weighted by Crippen LogP contribution is -2.32. The summed E-state index contributed by atoms with van der Waals surface area (Å²) in [7, 11) is 0. The number of aryl methyl sites for hydroxylation is 1. The van der Waals surface area contributed by atoms with Crippen LogP contribution in [-0.2, 0) is 5.41 Å². The minimum absolute atomic E-state index is 0.00917. The Morgan fingerprint density at radius 2 is 1.83 bits per heavy atom. The maximum Gasteiger partial charge on any atom is 0.0483 e. The maximum atomic E-state index is 6.48. The first-order valence-electron chi connectivity index (χ1n) is 6.00. The van der Waals surface area contributed by atoms with E-state index in [4.69, 9.17) is 5.73 Å². The summed E-state index contributed by atoms with van der Waals surface area (Å²) in [6.07, 6.45) is 0. The van der Waals surface area contributed by atoms with Crippen molar-refractivity contribution in [3.63, 3.8) is 0 Å². The van der Waals surface area contributed by atoms with E-state index >= 15 is 0 Å². The van der Waals surface area contributed by atoms with Gasteiger partial charge in [-0.25, -0.2) is 0 Å². The standard InChI is InChI=1S/C15H18BrNS/c1-10-12(16)9-13(18-10)14(17)15(2,3)11-7-5-4-6-8-11/h4-9,14H,17H2,1-3H3. The average Bonchev–Trinajstić information content (AvgIpc) is 2.69. The summed E-state index contributed by atoms with van der Waals surface area (Å²) < 4.78 is 1.15. The van der Waals surface area contributed by atoms with Crippen molar-refractivity contribution in [2.24, 2.45) is 5.73 Å². The molecule has 3 heteroatoms. The van der Waals surface area contributed by atoms with E-state index in [1.54, 1.807) is 11.3 Å². The number of nitrogens with two attached hydrogens (primary N) is 1. The molecule has 0 fully saturated rings. The largest absolute Gasteiger partial charge is 0.323 e. The molecule has 1 heterocycles. The molecule has 18 heavy (non-hydrogen) atoms. The number of thiophene rings is 1. The van der Waals surface area contributed by atoms with Crippen molar-refractivity contribution in [2.45, 2.75) is 32.2 Å². The van der Waals surface area contributed by atoms with Crippen molar-refractivity contribution in [1.29, 1.82) is 0 Å². The van der Waals surface area contributed by atoms with Gasteiger partial charge < -0.3 is 5.73 Å². The Morgan fingerprint density at radius 1 is 1.22 bits per heavy atom. The van der Waals surface area contributed by atoms with Crippen molar-refractivity contribution >= 4 is 27.3 Å². The average molecular weight is 324 g/mol. The van der Waals surface area contributed by atoms with E-state index in [2.05, 4.69) is 67.0 Å². The molecule has 1 atom stereocenters. The zero-order valence-electron chi connectivity index (χ0n) is 10.9. The van der Waals surface area contributed by atoms with Crippen molar-refractivity contribution < 1.29 is 0 Å². The van der Waals surface area contributed by atoms with Gasteiger partial charge in [0, 0.05) is 25.7 Å². The molecule has 2 N–H and O–H groups in total. The Kier molecular flexibility index (Phi) is 3.95. The highest BCUT2D eigenvalue weighted by Gasteiger charge is 2.30. The number of hydrogen-bond acceptors (Lipinski definition) is 2. The summed E-state index contributed by atoms with van der Waals surface area (Å²) in [6.45, 7) is 6.52. The van der Waals surface area contributed by atoms with Gasteiger partial charge in [-0.15, -0.1) is 11.3 Å². The highest BCUT2D eigenvalue weighted by Crippen LogP contribution is 2.39. The third-order valence-electron chi connectivity index (χ3n) is 3.48. The molecule has 0 amide bonds. The molecule has 0 radical (unpaired) electrons. The lowest BCUT2D eigenvalue weighted by atomic mass is 9.77. The first-order chi connectivity index (χ1) is 8.43. The SMILES string of the molecule is Cc1sc(C(N)C(C)(C)c2ccccc2)cc1Br. The second kappa shape index (κ2) is 5.16. The number of benzene rings is 1. The van der Waals surface area contributed by atoms with Crippen LogP contribution < -0.4 is 5.73 Å². The van der Waals surface area contributed by atoms with Crippen molar-refractivity contribution in [3.8, 4) is 0 Å². The van der Waals surface area contributed by atoms with E-state index in [-0.39, 0.29) is 11.5 Å². The molecule has 1 aromatic carbocycles. The summed E-state index contributed by atoms with van der Waals surface area (Å²) >= 11 is 5.33. The molecule has 1 unspecified atom stereocenters. The molecular weight excluding hydrogens is 306 g/mol. The summed E-state index contributed by atoms with van der Waals surface area (Å²) in [5.41, 5.74) is 7.68. The third-order valence-corrected chi connectivity index (χ3v) is 5.70. The molecule has 96 valence electrons. The maximum absolute atomic E-state index is 6.48. The predicted molar refractivity (Wildman–Crippen MR) is 83.2 cm³/mol. The van der Waals surface area contributed by atoms with Gasteiger partial charge in [-0.05, 0) is 34.5 Å². The van der Waals surface area contributed by atoms with Crippen LogP contribution in [0.4, 0.5) is 0 Å². The highest BCUT2D eigenvalue weighted by molar-refractivity contribution is 9.10. The van der Waals surface area contributed by atoms with Crippen LogP contribution in [0.25, 0.3) is 0 Å². The second-order valence-electron chi connectivity index (χ2n) is 5.12. The van der Waals surface area contributed by atoms with Crippen LogP contribution in [0.3, 0.4) is 0 Å². The quantitative estimate of drug-likeness (QED) is 0.862. The van der Waals surface area contributed by atoms with Crippen LogP contribution in [0.5, 0.6) is 0 Å². The van der Waals surface area contributed by atoms with Crippen LogP contribution in [0, 0.1) is 6.92 Å². The smallest absolute Gasteiger partial charge is 0.0483 e. The summed E-state index contributed by atoms with van der Waals surface area (Å²) in [5.74, 6) is 0. The van der Waals surface area contributed by atoms with E-state index < -0.39 is 0 Å². The van der Waals surface area contributed by atoms with E-state index in [0.717, 1.165) is 4.47 Å². The highest BCUT2D eigenvalue weighted by atomic mass is 79.9. The molecule has 0 saturated carbocycles. The Labute approximate surface area is 121 Å². The van der Waals surface area contributed by atoms with Crippen LogP contribution in [0.15, 0.2) is 40.9 Å². The number of hydrogen-bond donors (Lipinski definition) is 1. The first-order valence-corrected chi connectivity index (χ1v) is 7.61. The third kappa shape index (κ3) is 2.53. The summed E-state index contributed by atoms with van der Waals surface area (Å²) in [5, 5.41) is 0. The zero-order valence-corrected chi connectivity index (χ0v) is 13.3. The van der Waals surface area contributed by atoms with Crippen LogP contribution in [0.2, 0.25) is 0 Å². The fourth-order valence-corrected chi connectivity index (χ4v) is 3.79. The fraction of sp³-hybridized carbons (Fsp3) is 0.333. The zero-order chi connectivity index (χ0) is 13.3. The van der Waals surface area contributed by atoms with Gasteiger partial charge in [0.25, 0.3) is 0 Å². The van der Waals surface area contributed by atoms with E-state index in [1.165, 1.54) is 15.3 Å². The topological polar surface area (TPSA) is 26.0 Å². The predicted octanol–water partition coefficient (Wildman–Crippen LogP) is 4.80. The van der Waals surface area contributed by atoms with Gasteiger partial charge in [0.15, 0.2) is 0 Å². The summed E-state index contributed by atoms with van der Waals surface area (Å²) in [4.78, 5) is 2.51. The Hall–Kier alpha value is -0.640. The molecule has 0 bridgehead atoms. The number of rotatable bonds is 3. The molecule has 0 aliphatic carbocycles. The fourth-order valence-electron chi connectivity index (χ4n) is 2.04. The lowest BCUT2D eigenvalue weighted by Gasteiger charge is -2.31. The molecule has 0 saturated heterocycles. The first kappa shape index (κ1) is 13.8. The molecule has 2 rings (SSSR count). The Morgan fingerprint density at radius 3 is 2.33 bits per heavy atom. The van der Waals surface area contributed by atoms with Crippen molar-refractivity contribution in [3.05, 3.63) is 56.2 Å². The molecule has 1 aromatic heterocycles. The molecule has 2 aromatic rings. The minimum atomic E-state index is -0.0714. The van der Waals surface area contributed by atoms with Crippen molar-refractivity contribution in [2.75, 3.05) is 0 Å². The van der Waals surface area contributed by atoms with E-state index in [0.29, 0.717) is 0 Å². The summed E-state index contributed by atoms with van der Waals surface area (Å²) in [6, 6.07) is 12.6. The lowest BCUT2D eigenvalue weighted by molar-refractivity contribution is 0.426. The Balaban J connectivity index is 2.35. The molecule has 0 aliphatic heterocycles. The Bertz CT molecular complexity index is 511. The molecule has 0 spiro atoms. The van der Waals surface area contributed by atoms with Gasteiger partial charge in [-0.3, -0.25) is 0 Å². The van der Waals surface area contributed by atoms with Crippen LogP contribution in [-0.4, -0.2) is 0 Å². The molecule has 1 nitrogen and oxygen atoms in total. The van der Waals surface area contributed by atoms with Gasteiger partial charge in [0.1, 0.15) is 0 Å². The van der Waals surface area contributed by atoms with Gasteiger partial charge >= 0.3 is 0 Å². The van der Waals surface area contributed by atoms with Crippen LogP contribution in [0.1, 0.15) is 35.2 Å². The number of halogens is 1. The van der Waals surface area contributed by atoms with Gasteiger partial charge in [0.2, 0.25) is 0 Å². The molecule has 0 aliphatic rings. The van der Waals surface area contributed by atoms with Gasteiger partial charge in [-0.1, -0.05) is 44.2 Å². The minimum Gasteiger partial charge on any atom is -0.323 e. The monoisotopic (exact) mass is 323 g/mol. The second-order valence-corrected chi connectivity index (χ2v) is 7.26. The van der Waals surface area contributed by atoms with Gasteiger partial charge in [-0.2, -0.15) is 0 Å².